The van der Waals surface area contributed by atoms with Crippen LogP contribution in [-0.2, 0) is 0 Å². The number of hydrogen-bond donors (Lipinski definition) is 0. The molecular weight excluding hydrogens is 365 g/mol. The fourth-order valence-electron chi connectivity index (χ4n) is 3.75. The van der Waals surface area contributed by atoms with Crippen LogP contribution in [0.2, 0.25) is 0 Å². The molecule has 2 aromatic rings. The van der Waals surface area contributed by atoms with E-state index in [1.165, 1.54) is 21.5 Å². The maximum absolute atomic E-state index is 5.75. The minimum absolute atomic E-state index is 0.416. The van der Waals surface area contributed by atoms with Gasteiger partial charge < -0.3 is 14.4 Å². The van der Waals surface area contributed by atoms with E-state index in [0.717, 1.165) is 11.5 Å². The first-order chi connectivity index (χ1) is 13.5. The van der Waals surface area contributed by atoms with E-state index in [2.05, 4.69) is 81.4 Å². The Balaban J connectivity index is 2.20. The molecule has 2 atom stereocenters. The SMILES string of the molecule is COc1ccccc1P(C1=C(C)C([C@@H](C)N(C)C)C=C1)c1ccccc1OC. The first-order valence-electron chi connectivity index (χ1n) is 9.61. The molecule has 0 fully saturated rings. The Kier molecular flexibility index (Phi) is 6.59. The lowest BCUT2D eigenvalue weighted by Gasteiger charge is -2.28. The number of allylic oxidation sites excluding steroid dienone is 2. The van der Waals surface area contributed by atoms with Gasteiger partial charge in [-0.3, -0.25) is 0 Å². The van der Waals surface area contributed by atoms with Crippen LogP contribution in [0.15, 0.2) is 71.6 Å². The van der Waals surface area contributed by atoms with E-state index in [0.29, 0.717) is 12.0 Å². The largest absolute Gasteiger partial charge is 0.496 e. The van der Waals surface area contributed by atoms with E-state index in [1.54, 1.807) is 14.2 Å². The van der Waals surface area contributed by atoms with Crippen molar-refractivity contribution in [3.05, 3.63) is 71.6 Å². The number of nitrogens with zero attached hydrogens (tertiary/aromatic N) is 1. The fourth-order valence-corrected chi connectivity index (χ4v) is 6.51. The fraction of sp³-hybridized carbons (Fsp3) is 0.333. The van der Waals surface area contributed by atoms with Gasteiger partial charge in [0.05, 0.1) is 14.2 Å². The first-order valence-corrected chi connectivity index (χ1v) is 10.9. The molecule has 0 heterocycles. The molecule has 0 aliphatic heterocycles. The average molecular weight is 395 g/mol. The van der Waals surface area contributed by atoms with Crippen molar-refractivity contribution < 1.29 is 9.47 Å². The molecule has 0 bridgehead atoms. The Hall–Kier alpha value is -2.09. The first kappa shape index (κ1) is 20.6. The van der Waals surface area contributed by atoms with Gasteiger partial charge in [-0.05, 0) is 53.3 Å². The van der Waals surface area contributed by atoms with Crippen LogP contribution in [0.1, 0.15) is 13.8 Å². The van der Waals surface area contributed by atoms with Gasteiger partial charge in [-0.1, -0.05) is 54.1 Å². The standard InChI is InChI=1S/C24H30NO2P/c1-17-19(18(2)25(3)4)15-16-22(17)28(23-13-9-7-11-20(23)26-5)24-14-10-8-12-21(24)27-6/h7-16,18-19H,1-6H3/t18-,19?/m1/s1. The molecule has 0 spiro atoms. The summed E-state index contributed by atoms with van der Waals surface area (Å²) in [6.45, 7) is 4.57. The van der Waals surface area contributed by atoms with Crippen molar-refractivity contribution in [2.45, 2.75) is 19.9 Å². The molecule has 148 valence electrons. The van der Waals surface area contributed by atoms with Crippen molar-refractivity contribution in [3.8, 4) is 11.5 Å². The minimum atomic E-state index is -0.791. The molecule has 3 rings (SSSR count). The number of para-hydroxylation sites is 2. The van der Waals surface area contributed by atoms with Crippen LogP contribution in [0.3, 0.4) is 0 Å². The maximum atomic E-state index is 5.75. The van der Waals surface area contributed by atoms with Crippen LogP contribution in [0.25, 0.3) is 0 Å². The molecule has 4 heteroatoms. The van der Waals surface area contributed by atoms with E-state index < -0.39 is 7.92 Å². The highest BCUT2D eigenvalue weighted by Gasteiger charge is 2.31. The molecule has 2 aromatic carbocycles. The Morgan fingerprint density at radius 2 is 1.39 bits per heavy atom. The maximum Gasteiger partial charge on any atom is 0.127 e. The van der Waals surface area contributed by atoms with Crippen LogP contribution in [0.4, 0.5) is 0 Å². The zero-order valence-corrected chi connectivity index (χ0v) is 18.5. The Labute approximate surface area is 170 Å². The van der Waals surface area contributed by atoms with E-state index >= 15 is 0 Å². The van der Waals surface area contributed by atoms with Crippen LogP contribution in [-0.4, -0.2) is 39.3 Å². The summed E-state index contributed by atoms with van der Waals surface area (Å²) < 4.78 is 11.5. The summed E-state index contributed by atoms with van der Waals surface area (Å²) in [5, 5.41) is 3.84. The van der Waals surface area contributed by atoms with Gasteiger partial charge in [-0.2, -0.15) is 0 Å². The van der Waals surface area contributed by atoms with Crippen LogP contribution in [0.5, 0.6) is 11.5 Å². The van der Waals surface area contributed by atoms with E-state index in [-0.39, 0.29) is 0 Å². The van der Waals surface area contributed by atoms with Crippen molar-refractivity contribution in [1.82, 2.24) is 4.90 Å². The number of rotatable bonds is 7. The van der Waals surface area contributed by atoms with Crippen molar-refractivity contribution in [2.24, 2.45) is 5.92 Å². The van der Waals surface area contributed by atoms with Crippen LogP contribution < -0.4 is 20.1 Å². The van der Waals surface area contributed by atoms with Gasteiger partial charge in [0.25, 0.3) is 0 Å². The molecule has 0 saturated heterocycles. The zero-order chi connectivity index (χ0) is 20.3. The smallest absolute Gasteiger partial charge is 0.127 e. The topological polar surface area (TPSA) is 21.7 Å². The van der Waals surface area contributed by atoms with E-state index in [4.69, 9.17) is 9.47 Å². The van der Waals surface area contributed by atoms with Crippen molar-refractivity contribution in [2.75, 3.05) is 28.3 Å². The van der Waals surface area contributed by atoms with Gasteiger partial charge in [0.15, 0.2) is 0 Å². The van der Waals surface area contributed by atoms with E-state index in [9.17, 15) is 0 Å². The van der Waals surface area contributed by atoms with Crippen LogP contribution in [0, 0.1) is 5.92 Å². The lowest BCUT2D eigenvalue weighted by Crippen LogP contribution is -2.31. The molecule has 28 heavy (non-hydrogen) atoms. The summed E-state index contributed by atoms with van der Waals surface area (Å²) >= 11 is 0. The number of methoxy groups -OCH3 is 2. The number of ether oxygens (including phenoxy) is 2. The second-order valence-corrected chi connectivity index (χ2v) is 9.45. The summed E-state index contributed by atoms with van der Waals surface area (Å²) in [7, 11) is 7.00. The minimum Gasteiger partial charge on any atom is -0.496 e. The lowest BCUT2D eigenvalue weighted by atomic mass is 9.96. The summed E-state index contributed by atoms with van der Waals surface area (Å²) in [6, 6.07) is 17.2. The summed E-state index contributed by atoms with van der Waals surface area (Å²) in [4.78, 5) is 2.29. The number of hydrogen-bond acceptors (Lipinski definition) is 3. The van der Waals surface area contributed by atoms with Crippen molar-refractivity contribution in [1.29, 1.82) is 0 Å². The molecular formula is C24H30NO2P. The average Bonchev–Trinajstić information content (AvgIpc) is 3.09. The normalized spacial score (nSPS) is 17.5. The van der Waals surface area contributed by atoms with E-state index in [1.807, 2.05) is 12.1 Å². The quantitative estimate of drug-likeness (QED) is 0.642. The summed E-state index contributed by atoms with van der Waals surface area (Å²) in [5.74, 6) is 2.27. The molecule has 3 nitrogen and oxygen atoms in total. The van der Waals surface area contributed by atoms with Crippen LogP contribution >= 0.6 is 7.92 Å². The zero-order valence-electron chi connectivity index (χ0n) is 17.6. The number of benzene rings is 2. The third-order valence-corrected chi connectivity index (χ3v) is 8.28. The highest BCUT2D eigenvalue weighted by Crippen LogP contribution is 2.52. The molecule has 1 aliphatic rings. The highest BCUT2D eigenvalue weighted by molar-refractivity contribution is 7.77. The predicted molar refractivity (Wildman–Crippen MR) is 121 cm³/mol. The van der Waals surface area contributed by atoms with Gasteiger partial charge >= 0.3 is 0 Å². The Morgan fingerprint density at radius 1 is 0.893 bits per heavy atom. The van der Waals surface area contributed by atoms with Gasteiger partial charge in [-0.25, -0.2) is 0 Å². The molecule has 0 aromatic heterocycles. The van der Waals surface area contributed by atoms with Gasteiger partial charge in [0.1, 0.15) is 11.5 Å². The summed E-state index contributed by atoms with van der Waals surface area (Å²) in [5.41, 5.74) is 1.43. The molecule has 0 radical (unpaired) electrons. The second kappa shape index (κ2) is 8.94. The Bertz CT molecular complexity index is 840. The third kappa shape index (κ3) is 3.87. The van der Waals surface area contributed by atoms with Crippen molar-refractivity contribution >= 4 is 18.5 Å². The third-order valence-electron chi connectivity index (χ3n) is 5.59. The van der Waals surface area contributed by atoms with Gasteiger partial charge in [-0.15, -0.1) is 0 Å². The molecule has 0 saturated carbocycles. The highest BCUT2D eigenvalue weighted by atomic mass is 31.1. The monoisotopic (exact) mass is 395 g/mol. The molecule has 1 aliphatic carbocycles. The van der Waals surface area contributed by atoms with Gasteiger partial charge in [0.2, 0.25) is 0 Å². The lowest BCUT2D eigenvalue weighted by molar-refractivity contribution is 0.277. The second-order valence-electron chi connectivity index (χ2n) is 7.34. The Morgan fingerprint density at radius 3 is 1.86 bits per heavy atom. The predicted octanol–water partition coefficient (Wildman–Crippen LogP) is 4.55. The molecule has 0 amide bonds. The van der Waals surface area contributed by atoms with Gasteiger partial charge in [0, 0.05) is 22.6 Å². The van der Waals surface area contributed by atoms with Crippen molar-refractivity contribution in [3.63, 3.8) is 0 Å². The molecule has 0 N–H and O–H groups in total. The molecule has 1 unspecified atom stereocenters. The summed E-state index contributed by atoms with van der Waals surface area (Å²) in [6.07, 6.45) is 4.68.